The zero-order chi connectivity index (χ0) is 10.3. The van der Waals surface area contributed by atoms with Crippen LogP contribution in [-0.4, -0.2) is 42.2 Å². The highest BCUT2D eigenvalue weighted by molar-refractivity contribution is 5.77. The highest BCUT2D eigenvalue weighted by Crippen LogP contribution is 2.27. The molecule has 2 rings (SSSR count). The number of nitrogens with one attached hydrogen (secondary N) is 1. The van der Waals surface area contributed by atoms with Gasteiger partial charge in [-0.05, 0) is 6.42 Å². The summed E-state index contributed by atoms with van der Waals surface area (Å²) in [6.45, 7) is 1.06. The third-order valence-electron chi connectivity index (χ3n) is 2.73. The first-order chi connectivity index (χ1) is 6.46. The Hall–Kier alpha value is -0.780. The van der Waals surface area contributed by atoms with Crippen molar-refractivity contribution in [3.63, 3.8) is 0 Å². The number of fused-ring (bicyclic) bond motifs is 2. The van der Waals surface area contributed by atoms with Crippen molar-refractivity contribution < 1.29 is 18.0 Å². The number of likely N-dealkylation sites (tertiary alicyclic amines) is 1. The van der Waals surface area contributed by atoms with Crippen LogP contribution in [0.4, 0.5) is 13.2 Å². The Kier molecular flexibility index (Phi) is 2.17. The van der Waals surface area contributed by atoms with Gasteiger partial charge in [0.2, 0.25) is 5.91 Å². The van der Waals surface area contributed by atoms with Crippen LogP contribution in [0.5, 0.6) is 0 Å². The fourth-order valence-electron chi connectivity index (χ4n) is 2.14. The fourth-order valence-corrected chi connectivity index (χ4v) is 2.14. The average molecular weight is 208 g/mol. The first-order valence-electron chi connectivity index (χ1n) is 4.55. The third kappa shape index (κ3) is 1.84. The summed E-state index contributed by atoms with van der Waals surface area (Å²) in [4.78, 5) is 12.6. The van der Waals surface area contributed by atoms with Crippen molar-refractivity contribution in [2.75, 3.05) is 13.1 Å². The summed E-state index contributed by atoms with van der Waals surface area (Å²) in [5.74, 6) is -0.786. The van der Waals surface area contributed by atoms with Crippen LogP contribution in [0.15, 0.2) is 0 Å². The zero-order valence-electron chi connectivity index (χ0n) is 7.47. The summed E-state index contributed by atoms with van der Waals surface area (Å²) < 4.78 is 35.8. The number of amides is 1. The predicted molar refractivity (Wildman–Crippen MR) is 42.6 cm³/mol. The predicted octanol–water partition coefficient (Wildman–Crippen LogP) is 0.512. The molecule has 2 atom stereocenters. The molecule has 1 N–H and O–H groups in total. The maximum atomic E-state index is 11.9. The Balaban J connectivity index is 1.93. The number of carbonyl (C=O) groups is 1. The van der Waals surface area contributed by atoms with Crippen LogP contribution in [0.1, 0.15) is 12.8 Å². The Morgan fingerprint density at radius 3 is 2.64 bits per heavy atom. The van der Waals surface area contributed by atoms with Crippen molar-refractivity contribution in [3.05, 3.63) is 0 Å². The van der Waals surface area contributed by atoms with E-state index in [0.717, 1.165) is 6.42 Å². The maximum absolute atomic E-state index is 11.9. The summed E-state index contributed by atoms with van der Waals surface area (Å²) in [5, 5.41) is 3.13. The van der Waals surface area contributed by atoms with Gasteiger partial charge in [0.05, 0.1) is 0 Å². The first kappa shape index (κ1) is 9.76. The van der Waals surface area contributed by atoms with E-state index < -0.39 is 18.5 Å². The Labute approximate surface area is 79.3 Å². The number of nitrogens with zero attached hydrogens (tertiary/aromatic N) is 1. The van der Waals surface area contributed by atoms with E-state index in [1.54, 1.807) is 0 Å². The molecule has 0 aromatic rings. The van der Waals surface area contributed by atoms with Crippen molar-refractivity contribution in [2.45, 2.75) is 31.1 Å². The summed E-state index contributed by atoms with van der Waals surface area (Å²) in [5.41, 5.74) is 0. The molecule has 2 heterocycles. The maximum Gasteiger partial charge on any atom is 0.397 e. The normalized spacial score (nSPS) is 31.2. The lowest BCUT2D eigenvalue weighted by Gasteiger charge is -2.27. The van der Waals surface area contributed by atoms with Crippen molar-refractivity contribution in [2.24, 2.45) is 0 Å². The van der Waals surface area contributed by atoms with E-state index in [9.17, 15) is 18.0 Å². The van der Waals surface area contributed by atoms with Crippen molar-refractivity contribution in [3.8, 4) is 0 Å². The van der Waals surface area contributed by atoms with Crippen LogP contribution >= 0.6 is 0 Å². The molecule has 2 fully saturated rings. The van der Waals surface area contributed by atoms with Crippen LogP contribution in [0.3, 0.4) is 0 Å². The molecule has 2 saturated heterocycles. The molecule has 0 radical (unpaired) electrons. The second-order valence-electron chi connectivity index (χ2n) is 3.83. The summed E-state index contributed by atoms with van der Waals surface area (Å²) in [7, 11) is 0. The third-order valence-corrected chi connectivity index (χ3v) is 2.73. The molecule has 1 amide bonds. The molecule has 6 heteroatoms. The van der Waals surface area contributed by atoms with Gasteiger partial charge in [-0.1, -0.05) is 0 Å². The van der Waals surface area contributed by atoms with Gasteiger partial charge in [-0.2, -0.15) is 13.2 Å². The molecule has 2 bridgehead atoms. The van der Waals surface area contributed by atoms with Gasteiger partial charge in [0.1, 0.15) is 6.42 Å². The molecule has 2 aliphatic rings. The molecule has 3 nitrogen and oxygen atoms in total. The van der Waals surface area contributed by atoms with Gasteiger partial charge < -0.3 is 10.2 Å². The Morgan fingerprint density at radius 1 is 1.50 bits per heavy atom. The lowest BCUT2D eigenvalue weighted by molar-refractivity contribution is -0.162. The zero-order valence-corrected chi connectivity index (χ0v) is 7.47. The van der Waals surface area contributed by atoms with Crippen LogP contribution in [-0.2, 0) is 4.79 Å². The van der Waals surface area contributed by atoms with Gasteiger partial charge in [0.25, 0.3) is 0 Å². The summed E-state index contributed by atoms with van der Waals surface area (Å²) >= 11 is 0. The number of hydrogen-bond acceptors (Lipinski definition) is 2. The number of halogens is 3. The standard InChI is InChI=1S/C8H11F3N2O/c9-8(10,11)2-7(14)13-4-5-1-6(13)3-12-5/h5-6,12H,1-4H2. The number of carbonyl (C=O) groups excluding carboxylic acids is 1. The quantitative estimate of drug-likeness (QED) is 0.681. The minimum Gasteiger partial charge on any atom is -0.337 e. The van der Waals surface area contributed by atoms with Gasteiger partial charge in [-0.3, -0.25) is 4.79 Å². The largest absolute Gasteiger partial charge is 0.397 e. The van der Waals surface area contributed by atoms with E-state index in [-0.39, 0.29) is 12.1 Å². The van der Waals surface area contributed by atoms with Gasteiger partial charge in [-0.15, -0.1) is 0 Å². The molecule has 2 aliphatic heterocycles. The lowest BCUT2D eigenvalue weighted by atomic mass is 10.2. The van der Waals surface area contributed by atoms with Crippen molar-refractivity contribution in [1.82, 2.24) is 10.2 Å². The van der Waals surface area contributed by atoms with Gasteiger partial charge in [-0.25, -0.2) is 0 Å². The van der Waals surface area contributed by atoms with Crippen LogP contribution in [0.25, 0.3) is 0 Å². The average Bonchev–Trinajstić information content (AvgIpc) is 2.59. The number of rotatable bonds is 1. The molecular formula is C8H11F3N2O. The minimum absolute atomic E-state index is 0.0187. The smallest absolute Gasteiger partial charge is 0.337 e. The molecule has 0 spiro atoms. The van der Waals surface area contributed by atoms with E-state index >= 15 is 0 Å². The van der Waals surface area contributed by atoms with Crippen LogP contribution < -0.4 is 5.32 Å². The topological polar surface area (TPSA) is 32.3 Å². The molecule has 0 aromatic heterocycles. The fraction of sp³-hybridized carbons (Fsp3) is 0.875. The number of alkyl halides is 3. The minimum atomic E-state index is -4.38. The second-order valence-corrected chi connectivity index (χ2v) is 3.83. The number of hydrogen-bond donors (Lipinski definition) is 1. The lowest BCUT2D eigenvalue weighted by Crippen LogP contribution is -2.47. The van der Waals surface area contributed by atoms with Gasteiger partial charge >= 0.3 is 6.18 Å². The first-order valence-corrected chi connectivity index (χ1v) is 4.55. The molecule has 0 aromatic carbocycles. The van der Waals surface area contributed by atoms with E-state index in [1.807, 2.05) is 0 Å². The molecule has 0 saturated carbocycles. The van der Waals surface area contributed by atoms with E-state index in [4.69, 9.17) is 0 Å². The van der Waals surface area contributed by atoms with Crippen LogP contribution in [0.2, 0.25) is 0 Å². The second kappa shape index (κ2) is 3.12. The summed E-state index contributed by atoms with van der Waals surface area (Å²) in [6, 6.07) is 0.187. The SMILES string of the molecule is O=C(CC(F)(F)F)N1CC2CC1CN2. The highest BCUT2D eigenvalue weighted by Gasteiger charge is 2.43. The van der Waals surface area contributed by atoms with Gasteiger partial charge in [0.15, 0.2) is 0 Å². The highest BCUT2D eigenvalue weighted by atomic mass is 19.4. The van der Waals surface area contributed by atoms with E-state index in [1.165, 1.54) is 4.90 Å². The monoisotopic (exact) mass is 208 g/mol. The van der Waals surface area contributed by atoms with Crippen LogP contribution in [0, 0.1) is 0 Å². The number of piperazine rings is 1. The van der Waals surface area contributed by atoms with Crippen molar-refractivity contribution >= 4 is 5.91 Å². The Morgan fingerprint density at radius 2 is 2.21 bits per heavy atom. The molecular weight excluding hydrogens is 197 g/mol. The Bertz CT molecular complexity index is 253. The van der Waals surface area contributed by atoms with E-state index in [2.05, 4.69) is 5.32 Å². The summed E-state index contributed by atoms with van der Waals surface area (Å²) in [6.07, 6.45) is -4.91. The van der Waals surface area contributed by atoms with E-state index in [0.29, 0.717) is 13.1 Å². The van der Waals surface area contributed by atoms with Crippen molar-refractivity contribution in [1.29, 1.82) is 0 Å². The molecule has 2 unspecified atom stereocenters. The molecule has 14 heavy (non-hydrogen) atoms. The van der Waals surface area contributed by atoms with Gasteiger partial charge in [0, 0.05) is 25.2 Å². The molecule has 80 valence electrons. The molecule has 0 aliphatic carbocycles.